The van der Waals surface area contributed by atoms with Crippen molar-refractivity contribution >= 4 is 0 Å². The maximum atomic E-state index is 3.59. The fourth-order valence-electron chi connectivity index (χ4n) is 4.00. The second kappa shape index (κ2) is 8.47. The number of likely N-dealkylation sites (N-methyl/N-ethyl adjacent to an activating group) is 2. The number of nitrogens with one attached hydrogen (secondary N) is 1. The van der Waals surface area contributed by atoms with Gasteiger partial charge in [-0.3, -0.25) is 9.80 Å². The van der Waals surface area contributed by atoms with Crippen molar-refractivity contribution in [1.82, 2.24) is 20.0 Å². The molecular formula is C17H36N4. The van der Waals surface area contributed by atoms with Crippen molar-refractivity contribution in [2.24, 2.45) is 5.92 Å². The van der Waals surface area contributed by atoms with Crippen LogP contribution < -0.4 is 5.32 Å². The van der Waals surface area contributed by atoms with Gasteiger partial charge in [-0.15, -0.1) is 0 Å². The fourth-order valence-corrected chi connectivity index (χ4v) is 4.00. The minimum Gasteiger partial charge on any atom is -0.315 e. The van der Waals surface area contributed by atoms with E-state index in [-0.39, 0.29) is 0 Å². The van der Waals surface area contributed by atoms with Crippen LogP contribution in [0.25, 0.3) is 0 Å². The standard InChI is InChI=1S/C17H36N4/c1-5-15-6-7-16(18-2)17(14-15)21-12-10-20(11-13-21)9-8-19(3)4/h15-18H,5-14H2,1-4H3. The molecule has 0 radical (unpaired) electrons. The van der Waals surface area contributed by atoms with E-state index in [9.17, 15) is 0 Å². The molecule has 1 heterocycles. The van der Waals surface area contributed by atoms with Gasteiger partial charge >= 0.3 is 0 Å². The molecule has 21 heavy (non-hydrogen) atoms. The van der Waals surface area contributed by atoms with Gasteiger partial charge in [-0.1, -0.05) is 13.3 Å². The molecule has 4 nitrogen and oxygen atoms in total. The van der Waals surface area contributed by atoms with Crippen LogP contribution in [0.4, 0.5) is 0 Å². The van der Waals surface area contributed by atoms with Crippen LogP contribution >= 0.6 is 0 Å². The molecule has 0 amide bonds. The number of rotatable bonds is 6. The summed E-state index contributed by atoms with van der Waals surface area (Å²) in [5.74, 6) is 0.950. The fraction of sp³-hybridized carbons (Fsp3) is 1.00. The quantitative estimate of drug-likeness (QED) is 0.798. The summed E-state index contributed by atoms with van der Waals surface area (Å²) in [6.45, 7) is 9.77. The molecule has 0 bridgehead atoms. The molecule has 124 valence electrons. The zero-order valence-electron chi connectivity index (χ0n) is 14.6. The first-order valence-electron chi connectivity index (χ1n) is 8.92. The summed E-state index contributed by atoms with van der Waals surface area (Å²) in [7, 11) is 6.48. The van der Waals surface area contributed by atoms with E-state index in [4.69, 9.17) is 0 Å². The second-order valence-electron chi connectivity index (χ2n) is 7.23. The van der Waals surface area contributed by atoms with E-state index in [1.54, 1.807) is 0 Å². The van der Waals surface area contributed by atoms with Crippen molar-refractivity contribution in [2.75, 3.05) is 60.4 Å². The third kappa shape index (κ3) is 4.92. The molecule has 0 aromatic rings. The van der Waals surface area contributed by atoms with E-state index in [1.807, 2.05) is 0 Å². The molecule has 2 aliphatic rings. The second-order valence-corrected chi connectivity index (χ2v) is 7.23. The molecule has 1 aliphatic heterocycles. The average Bonchev–Trinajstić information content (AvgIpc) is 2.52. The van der Waals surface area contributed by atoms with Crippen LogP contribution in [-0.4, -0.2) is 87.2 Å². The van der Waals surface area contributed by atoms with Crippen LogP contribution in [0.1, 0.15) is 32.6 Å². The van der Waals surface area contributed by atoms with Crippen LogP contribution in [-0.2, 0) is 0 Å². The van der Waals surface area contributed by atoms with Gasteiger partial charge in [-0.05, 0) is 46.3 Å². The van der Waals surface area contributed by atoms with E-state index in [1.165, 1.54) is 65.0 Å². The van der Waals surface area contributed by atoms with Crippen LogP contribution in [0.5, 0.6) is 0 Å². The van der Waals surface area contributed by atoms with Gasteiger partial charge in [0.1, 0.15) is 0 Å². The third-order valence-electron chi connectivity index (χ3n) is 5.61. The van der Waals surface area contributed by atoms with Crippen molar-refractivity contribution in [2.45, 2.75) is 44.7 Å². The Balaban J connectivity index is 1.81. The van der Waals surface area contributed by atoms with Gasteiger partial charge in [-0.2, -0.15) is 0 Å². The summed E-state index contributed by atoms with van der Waals surface area (Å²) in [5, 5.41) is 3.59. The molecule has 0 aromatic carbocycles. The monoisotopic (exact) mass is 296 g/mol. The number of hydrogen-bond acceptors (Lipinski definition) is 4. The van der Waals surface area contributed by atoms with Gasteiger partial charge < -0.3 is 10.2 Å². The summed E-state index contributed by atoms with van der Waals surface area (Å²) < 4.78 is 0. The van der Waals surface area contributed by atoms with Crippen molar-refractivity contribution in [3.8, 4) is 0 Å². The van der Waals surface area contributed by atoms with E-state index in [0.717, 1.165) is 12.0 Å². The SMILES string of the molecule is CCC1CCC(NC)C(N2CCN(CCN(C)C)CC2)C1. The number of hydrogen-bond donors (Lipinski definition) is 1. The molecule has 0 spiro atoms. The molecule has 0 aromatic heterocycles. The van der Waals surface area contributed by atoms with E-state index in [2.05, 4.69) is 48.1 Å². The lowest BCUT2D eigenvalue weighted by Gasteiger charge is -2.46. The molecule has 2 fully saturated rings. The largest absolute Gasteiger partial charge is 0.315 e. The highest BCUT2D eigenvalue weighted by Crippen LogP contribution is 2.30. The third-order valence-corrected chi connectivity index (χ3v) is 5.61. The molecule has 1 saturated heterocycles. The molecule has 1 N–H and O–H groups in total. The Bertz CT molecular complexity index is 287. The topological polar surface area (TPSA) is 21.8 Å². The Morgan fingerprint density at radius 1 is 1.10 bits per heavy atom. The van der Waals surface area contributed by atoms with E-state index < -0.39 is 0 Å². The number of piperazine rings is 1. The van der Waals surface area contributed by atoms with Crippen molar-refractivity contribution in [3.05, 3.63) is 0 Å². The minimum absolute atomic E-state index is 0.709. The summed E-state index contributed by atoms with van der Waals surface area (Å²) in [5.41, 5.74) is 0. The minimum atomic E-state index is 0.709. The zero-order valence-corrected chi connectivity index (χ0v) is 14.6. The normalized spacial score (nSPS) is 32.7. The van der Waals surface area contributed by atoms with Gasteiger partial charge in [0.25, 0.3) is 0 Å². The average molecular weight is 297 g/mol. The van der Waals surface area contributed by atoms with Crippen LogP contribution in [0.2, 0.25) is 0 Å². The predicted octanol–water partition coefficient (Wildman–Crippen LogP) is 1.33. The summed E-state index contributed by atoms with van der Waals surface area (Å²) in [6, 6.07) is 1.48. The smallest absolute Gasteiger partial charge is 0.0252 e. The first kappa shape index (κ1) is 17.2. The molecule has 2 rings (SSSR count). The Hall–Kier alpha value is -0.160. The molecule has 4 heteroatoms. The highest BCUT2D eigenvalue weighted by atomic mass is 15.3. The zero-order chi connectivity index (χ0) is 15.2. The summed E-state index contributed by atoms with van der Waals surface area (Å²) >= 11 is 0. The van der Waals surface area contributed by atoms with Gasteiger partial charge in [0, 0.05) is 51.4 Å². The van der Waals surface area contributed by atoms with Crippen molar-refractivity contribution < 1.29 is 0 Å². The molecular weight excluding hydrogens is 260 g/mol. The van der Waals surface area contributed by atoms with Gasteiger partial charge in [0.2, 0.25) is 0 Å². The summed E-state index contributed by atoms with van der Waals surface area (Å²) in [6.07, 6.45) is 5.54. The van der Waals surface area contributed by atoms with Crippen LogP contribution in [0.3, 0.4) is 0 Å². The van der Waals surface area contributed by atoms with Crippen LogP contribution in [0, 0.1) is 5.92 Å². The lowest BCUT2D eigenvalue weighted by molar-refractivity contribution is 0.0471. The maximum absolute atomic E-state index is 3.59. The molecule has 3 atom stereocenters. The van der Waals surface area contributed by atoms with Gasteiger partial charge in [0.15, 0.2) is 0 Å². The van der Waals surface area contributed by atoms with Crippen LogP contribution in [0.15, 0.2) is 0 Å². The lowest BCUT2D eigenvalue weighted by atomic mass is 9.80. The molecule has 1 aliphatic carbocycles. The lowest BCUT2D eigenvalue weighted by Crippen LogP contribution is -2.58. The molecule has 3 unspecified atom stereocenters. The van der Waals surface area contributed by atoms with E-state index in [0.29, 0.717) is 6.04 Å². The number of nitrogens with zero attached hydrogens (tertiary/aromatic N) is 3. The van der Waals surface area contributed by atoms with E-state index >= 15 is 0 Å². The first-order chi connectivity index (χ1) is 10.1. The van der Waals surface area contributed by atoms with Crippen molar-refractivity contribution in [3.63, 3.8) is 0 Å². The Morgan fingerprint density at radius 2 is 1.81 bits per heavy atom. The maximum Gasteiger partial charge on any atom is 0.0252 e. The van der Waals surface area contributed by atoms with Gasteiger partial charge in [0.05, 0.1) is 0 Å². The summed E-state index contributed by atoms with van der Waals surface area (Å²) in [4.78, 5) is 7.69. The highest BCUT2D eigenvalue weighted by Gasteiger charge is 2.34. The predicted molar refractivity (Wildman–Crippen MR) is 90.8 cm³/mol. The van der Waals surface area contributed by atoms with Gasteiger partial charge in [-0.25, -0.2) is 0 Å². The highest BCUT2D eigenvalue weighted by molar-refractivity contribution is 4.92. The Morgan fingerprint density at radius 3 is 2.38 bits per heavy atom. The Labute approximate surface area is 131 Å². The molecule has 1 saturated carbocycles. The first-order valence-corrected chi connectivity index (χ1v) is 8.92. The van der Waals surface area contributed by atoms with Crippen molar-refractivity contribution in [1.29, 1.82) is 0 Å². The Kier molecular flexibility index (Phi) is 6.93.